The molecular weight excluding hydrogens is 424 g/mol. The first-order valence-corrected chi connectivity index (χ1v) is 10.00. The molecule has 134 valence electrons. The van der Waals surface area contributed by atoms with Gasteiger partial charge < -0.3 is 5.32 Å². The van der Waals surface area contributed by atoms with Gasteiger partial charge in [0.1, 0.15) is 10.6 Å². The van der Waals surface area contributed by atoms with Crippen molar-refractivity contribution in [1.29, 1.82) is 0 Å². The summed E-state index contributed by atoms with van der Waals surface area (Å²) in [5.74, 6) is 0. The molecule has 3 rings (SSSR count). The van der Waals surface area contributed by atoms with Crippen LogP contribution in [0.2, 0.25) is 0 Å². The fourth-order valence-electron chi connectivity index (χ4n) is 2.42. The van der Waals surface area contributed by atoms with E-state index in [1.807, 2.05) is 24.3 Å². The van der Waals surface area contributed by atoms with Crippen molar-refractivity contribution in [3.63, 3.8) is 0 Å². The van der Waals surface area contributed by atoms with Crippen molar-refractivity contribution < 1.29 is 13.3 Å². The quantitative estimate of drug-likeness (QED) is 0.482. The molecule has 3 aromatic rings. The fraction of sp³-hybridized carbons (Fsp3) is 0.0625. The molecule has 0 unspecified atom stereocenters. The van der Waals surface area contributed by atoms with Crippen LogP contribution >= 0.6 is 15.9 Å². The summed E-state index contributed by atoms with van der Waals surface area (Å²) in [7, 11) is -3.75. The Hall–Kier alpha value is -2.72. The number of sulfone groups is 1. The summed E-state index contributed by atoms with van der Waals surface area (Å²) in [6, 6.07) is 11.6. The molecule has 0 fully saturated rings. The molecule has 0 aliphatic carbocycles. The zero-order valence-corrected chi connectivity index (χ0v) is 15.9. The molecule has 0 atom stereocenters. The van der Waals surface area contributed by atoms with Crippen LogP contribution in [0.15, 0.2) is 64.2 Å². The molecule has 1 aromatic heterocycles. The molecule has 10 heteroatoms. The molecule has 0 radical (unpaired) electrons. The molecule has 0 bridgehead atoms. The average molecular weight is 437 g/mol. The smallest absolute Gasteiger partial charge is 0.311 e. The van der Waals surface area contributed by atoms with E-state index in [1.165, 1.54) is 24.4 Å². The van der Waals surface area contributed by atoms with E-state index in [1.54, 1.807) is 10.9 Å². The third-order valence-electron chi connectivity index (χ3n) is 3.54. The lowest BCUT2D eigenvalue weighted by atomic mass is 10.2. The van der Waals surface area contributed by atoms with Gasteiger partial charge >= 0.3 is 5.69 Å². The SMILES string of the molecule is CS(=O)(=O)c1cccc(Nc2cnn(-c3ccccc3Br)c2)c1[N+](=O)[O-]. The van der Waals surface area contributed by atoms with E-state index in [-0.39, 0.29) is 10.6 Å². The maximum atomic E-state index is 11.8. The largest absolute Gasteiger partial charge is 0.347 e. The van der Waals surface area contributed by atoms with Crippen LogP contribution in [-0.4, -0.2) is 29.4 Å². The van der Waals surface area contributed by atoms with Crippen molar-refractivity contribution in [2.75, 3.05) is 11.6 Å². The predicted octanol–water partition coefficient (Wildman–Crippen LogP) is 3.69. The van der Waals surface area contributed by atoms with E-state index < -0.39 is 20.4 Å². The van der Waals surface area contributed by atoms with Crippen LogP contribution in [0.5, 0.6) is 0 Å². The first-order chi connectivity index (χ1) is 12.3. The fourth-order valence-corrected chi connectivity index (χ4v) is 3.75. The van der Waals surface area contributed by atoms with Crippen LogP contribution in [0.1, 0.15) is 0 Å². The molecule has 26 heavy (non-hydrogen) atoms. The molecule has 1 heterocycles. The van der Waals surface area contributed by atoms with Crippen molar-refractivity contribution in [1.82, 2.24) is 9.78 Å². The van der Waals surface area contributed by atoms with Gasteiger partial charge in [0.05, 0.1) is 28.7 Å². The Labute approximate surface area is 157 Å². The van der Waals surface area contributed by atoms with E-state index >= 15 is 0 Å². The predicted molar refractivity (Wildman–Crippen MR) is 101 cm³/mol. The Kier molecular flexibility index (Phi) is 4.79. The van der Waals surface area contributed by atoms with Crippen LogP contribution in [-0.2, 0) is 9.84 Å². The summed E-state index contributed by atoms with van der Waals surface area (Å²) in [5, 5.41) is 18.5. The van der Waals surface area contributed by atoms with Gasteiger partial charge in [-0.1, -0.05) is 18.2 Å². The number of nitro groups is 1. The monoisotopic (exact) mass is 436 g/mol. The highest BCUT2D eigenvalue weighted by Gasteiger charge is 2.26. The number of anilines is 2. The Bertz CT molecular complexity index is 1100. The highest BCUT2D eigenvalue weighted by Crippen LogP contribution is 2.34. The number of nitrogens with one attached hydrogen (secondary N) is 1. The van der Waals surface area contributed by atoms with Crippen molar-refractivity contribution in [2.45, 2.75) is 4.90 Å². The van der Waals surface area contributed by atoms with Gasteiger partial charge in [-0.25, -0.2) is 13.1 Å². The van der Waals surface area contributed by atoms with Gasteiger partial charge in [-0.15, -0.1) is 0 Å². The number of nitrogens with zero attached hydrogens (tertiary/aromatic N) is 3. The third-order valence-corrected chi connectivity index (χ3v) is 5.34. The molecule has 0 saturated carbocycles. The summed E-state index contributed by atoms with van der Waals surface area (Å²) in [6.07, 6.45) is 4.08. The molecule has 2 aromatic carbocycles. The standard InChI is InChI=1S/C16H13BrN4O4S/c1-26(24,25)15-8-4-6-13(16(15)21(22)23)19-11-9-18-20(10-11)14-7-3-2-5-12(14)17/h2-10,19H,1H3. The topological polar surface area (TPSA) is 107 Å². The number of halogens is 1. The van der Waals surface area contributed by atoms with Crippen molar-refractivity contribution in [3.05, 3.63) is 69.4 Å². The van der Waals surface area contributed by atoms with Gasteiger partial charge in [0, 0.05) is 10.7 Å². The second kappa shape index (κ2) is 6.89. The first-order valence-electron chi connectivity index (χ1n) is 7.31. The average Bonchev–Trinajstić information content (AvgIpc) is 3.02. The van der Waals surface area contributed by atoms with Crippen molar-refractivity contribution in [2.24, 2.45) is 0 Å². The highest BCUT2D eigenvalue weighted by molar-refractivity contribution is 9.10. The lowest BCUT2D eigenvalue weighted by Gasteiger charge is -2.08. The van der Waals surface area contributed by atoms with E-state index in [9.17, 15) is 18.5 Å². The number of aromatic nitrogens is 2. The minimum absolute atomic E-state index is 0.0737. The van der Waals surface area contributed by atoms with Crippen LogP contribution < -0.4 is 5.32 Å². The number of nitro benzene ring substituents is 1. The van der Waals surface area contributed by atoms with E-state index in [0.717, 1.165) is 16.4 Å². The molecule has 0 aliphatic rings. The van der Waals surface area contributed by atoms with Gasteiger partial charge in [-0.05, 0) is 40.2 Å². The molecule has 0 saturated heterocycles. The second-order valence-corrected chi connectivity index (χ2v) is 8.27. The lowest BCUT2D eigenvalue weighted by Crippen LogP contribution is -2.05. The zero-order valence-electron chi connectivity index (χ0n) is 13.5. The summed E-state index contributed by atoms with van der Waals surface area (Å²) in [4.78, 5) is 10.4. The van der Waals surface area contributed by atoms with E-state index in [0.29, 0.717) is 5.69 Å². The summed E-state index contributed by atoms with van der Waals surface area (Å²) < 4.78 is 26.1. The van der Waals surface area contributed by atoms with Gasteiger partial charge in [0.15, 0.2) is 9.84 Å². The van der Waals surface area contributed by atoms with E-state index in [2.05, 4.69) is 26.3 Å². The number of hydrogen-bond acceptors (Lipinski definition) is 6. The number of para-hydroxylation sites is 2. The van der Waals surface area contributed by atoms with Crippen LogP contribution in [0.4, 0.5) is 17.1 Å². The zero-order chi connectivity index (χ0) is 18.9. The molecule has 0 aliphatic heterocycles. The Morgan fingerprint density at radius 3 is 2.58 bits per heavy atom. The number of hydrogen-bond donors (Lipinski definition) is 1. The first kappa shape index (κ1) is 18.1. The minimum atomic E-state index is -3.75. The second-order valence-electron chi connectivity index (χ2n) is 5.43. The molecular formula is C16H13BrN4O4S. The Morgan fingerprint density at radius 2 is 1.92 bits per heavy atom. The van der Waals surface area contributed by atoms with Gasteiger partial charge in [0.2, 0.25) is 0 Å². The number of benzene rings is 2. The molecule has 1 N–H and O–H groups in total. The summed E-state index contributed by atoms with van der Waals surface area (Å²) in [5.41, 5.74) is 0.850. The van der Waals surface area contributed by atoms with Gasteiger partial charge in [0.25, 0.3) is 0 Å². The van der Waals surface area contributed by atoms with Gasteiger partial charge in [-0.3, -0.25) is 10.1 Å². The molecule has 8 nitrogen and oxygen atoms in total. The summed E-state index contributed by atoms with van der Waals surface area (Å²) in [6.45, 7) is 0. The van der Waals surface area contributed by atoms with E-state index in [4.69, 9.17) is 0 Å². The third kappa shape index (κ3) is 3.60. The normalized spacial score (nSPS) is 11.3. The molecule has 0 spiro atoms. The molecule has 0 amide bonds. The van der Waals surface area contributed by atoms with Crippen LogP contribution in [0.3, 0.4) is 0 Å². The number of rotatable bonds is 5. The van der Waals surface area contributed by atoms with Crippen LogP contribution in [0.25, 0.3) is 5.69 Å². The maximum Gasteiger partial charge on any atom is 0.311 e. The maximum absolute atomic E-state index is 11.8. The van der Waals surface area contributed by atoms with Crippen molar-refractivity contribution >= 4 is 42.8 Å². The summed E-state index contributed by atoms with van der Waals surface area (Å²) >= 11 is 3.43. The lowest BCUT2D eigenvalue weighted by molar-refractivity contribution is -0.386. The highest BCUT2D eigenvalue weighted by atomic mass is 79.9. The van der Waals surface area contributed by atoms with Gasteiger partial charge in [-0.2, -0.15) is 5.10 Å². The van der Waals surface area contributed by atoms with Crippen molar-refractivity contribution in [3.8, 4) is 5.69 Å². The Morgan fingerprint density at radius 1 is 1.19 bits per heavy atom. The minimum Gasteiger partial charge on any atom is -0.347 e. The Balaban J connectivity index is 2.01. The van der Waals surface area contributed by atoms with Crippen LogP contribution in [0, 0.1) is 10.1 Å².